The average molecular weight is 239 g/mol. The number of halogens is 1. The van der Waals surface area contributed by atoms with Gasteiger partial charge < -0.3 is 10.5 Å². The summed E-state index contributed by atoms with van der Waals surface area (Å²) in [4.78, 5) is 0. The first-order chi connectivity index (χ1) is 8.04. The summed E-state index contributed by atoms with van der Waals surface area (Å²) in [5, 5.41) is 0. The molecule has 0 aliphatic heterocycles. The zero-order chi connectivity index (χ0) is 12.8. The molecule has 0 aromatic heterocycles. The molecule has 1 aromatic rings. The monoisotopic (exact) mass is 239 g/mol. The highest BCUT2D eigenvalue weighted by Crippen LogP contribution is 2.23. The Bertz CT molecular complexity index is 323. The van der Waals surface area contributed by atoms with Crippen LogP contribution in [0.2, 0.25) is 0 Å². The number of hydrogen-bond acceptors (Lipinski definition) is 2. The Morgan fingerprint density at radius 2 is 1.82 bits per heavy atom. The maximum atomic E-state index is 12.9. The quantitative estimate of drug-likeness (QED) is 0.826. The SMILES string of the molecule is CCC(N)C(OCC(C)C)c1ccc(F)cc1. The lowest BCUT2D eigenvalue weighted by Gasteiger charge is -2.24. The van der Waals surface area contributed by atoms with Crippen molar-refractivity contribution in [3.63, 3.8) is 0 Å². The summed E-state index contributed by atoms with van der Waals surface area (Å²) in [5.74, 6) is 0.225. The molecule has 0 saturated carbocycles. The molecule has 0 heterocycles. The molecule has 0 amide bonds. The fraction of sp³-hybridized carbons (Fsp3) is 0.571. The standard InChI is InChI=1S/C14H22FNO/c1-4-13(16)14(17-9-10(2)3)11-5-7-12(15)8-6-11/h5-8,10,13-14H,4,9,16H2,1-3H3. The van der Waals surface area contributed by atoms with Gasteiger partial charge in [-0.1, -0.05) is 32.9 Å². The van der Waals surface area contributed by atoms with Crippen LogP contribution in [-0.2, 0) is 4.74 Å². The molecule has 1 aromatic carbocycles. The van der Waals surface area contributed by atoms with Gasteiger partial charge in [0.25, 0.3) is 0 Å². The zero-order valence-corrected chi connectivity index (χ0v) is 10.8. The lowest BCUT2D eigenvalue weighted by atomic mass is 10.0. The van der Waals surface area contributed by atoms with Gasteiger partial charge in [0.15, 0.2) is 0 Å². The van der Waals surface area contributed by atoms with Crippen molar-refractivity contribution in [1.29, 1.82) is 0 Å². The van der Waals surface area contributed by atoms with Crippen molar-refractivity contribution < 1.29 is 9.13 Å². The van der Waals surface area contributed by atoms with Gasteiger partial charge in [0, 0.05) is 12.6 Å². The van der Waals surface area contributed by atoms with E-state index in [9.17, 15) is 4.39 Å². The fourth-order valence-corrected chi connectivity index (χ4v) is 1.63. The predicted molar refractivity (Wildman–Crippen MR) is 68.2 cm³/mol. The predicted octanol–water partition coefficient (Wildman–Crippen LogP) is 3.28. The molecule has 0 fully saturated rings. The number of ether oxygens (including phenoxy) is 1. The van der Waals surface area contributed by atoms with Gasteiger partial charge in [0.05, 0.1) is 6.10 Å². The first-order valence-corrected chi connectivity index (χ1v) is 6.17. The Labute approximate surface area is 103 Å². The Kier molecular flexibility index (Phi) is 5.59. The Morgan fingerprint density at radius 1 is 1.24 bits per heavy atom. The van der Waals surface area contributed by atoms with E-state index in [0.717, 1.165) is 12.0 Å². The van der Waals surface area contributed by atoms with Crippen LogP contribution in [0.25, 0.3) is 0 Å². The molecule has 2 N–H and O–H groups in total. The summed E-state index contributed by atoms with van der Waals surface area (Å²) in [6.45, 7) is 6.88. The van der Waals surface area contributed by atoms with E-state index in [0.29, 0.717) is 12.5 Å². The Morgan fingerprint density at radius 3 is 2.29 bits per heavy atom. The van der Waals surface area contributed by atoms with Gasteiger partial charge in [0.1, 0.15) is 5.82 Å². The van der Waals surface area contributed by atoms with Crippen molar-refractivity contribution in [3.05, 3.63) is 35.6 Å². The van der Waals surface area contributed by atoms with Crippen LogP contribution in [-0.4, -0.2) is 12.6 Å². The third kappa shape index (κ3) is 4.44. The summed E-state index contributed by atoms with van der Waals surface area (Å²) in [6, 6.07) is 6.33. The summed E-state index contributed by atoms with van der Waals surface area (Å²) in [6.07, 6.45) is 0.683. The van der Waals surface area contributed by atoms with Crippen molar-refractivity contribution in [3.8, 4) is 0 Å². The maximum Gasteiger partial charge on any atom is 0.123 e. The lowest BCUT2D eigenvalue weighted by molar-refractivity contribution is 0.0177. The van der Waals surface area contributed by atoms with Gasteiger partial charge in [-0.15, -0.1) is 0 Å². The molecule has 0 spiro atoms. The topological polar surface area (TPSA) is 35.2 Å². The van der Waals surface area contributed by atoms with Crippen LogP contribution in [0, 0.1) is 11.7 Å². The molecule has 2 unspecified atom stereocenters. The Balaban J connectivity index is 2.78. The fourth-order valence-electron chi connectivity index (χ4n) is 1.63. The van der Waals surface area contributed by atoms with Gasteiger partial charge >= 0.3 is 0 Å². The molecule has 1 rings (SSSR count). The molecule has 0 bridgehead atoms. The number of rotatable bonds is 6. The first kappa shape index (κ1) is 14.1. The van der Waals surface area contributed by atoms with Crippen LogP contribution in [0.1, 0.15) is 38.9 Å². The van der Waals surface area contributed by atoms with E-state index in [2.05, 4.69) is 13.8 Å². The van der Waals surface area contributed by atoms with E-state index in [-0.39, 0.29) is 18.0 Å². The van der Waals surface area contributed by atoms with Crippen LogP contribution in [0.5, 0.6) is 0 Å². The molecular weight excluding hydrogens is 217 g/mol. The molecule has 0 radical (unpaired) electrons. The minimum Gasteiger partial charge on any atom is -0.372 e. The van der Waals surface area contributed by atoms with Crippen molar-refractivity contribution in [2.45, 2.75) is 39.3 Å². The number of hydrogen-bond donors (Lipinski definition) is 1. The number of benzene rings is 1. The molecule has 96 valence electrons. The smallest absolute Gasteiger partial charge is 0.123 e. The minimum absolute atomic E-state index is 0.0563. The lowest BCUT2D eigenvalue weighted by Crippen LogP contribution is -2.30. The third-order valence-corrected chi connectivity index (χ3v) is 2.67. The largest absolute Gasteiger partial charge is 0.372 e. The van der Waals surface area contributed by atoms with Gasteiger partial charge in [-0.3, -0.25) is 0 Å². The third-order valence-electron chi connectivity index (χ3n) is 2.67. The van der Waals surface area contributed by atoms with E-state index in [1.807, 2.05) is 6.92 Å². The number of nitrogens with two attached hydrogens (primary N) is 1. The van der Waals surface area contributed by atoms with Crippen LogP contribution < -0.4 is 5.73 Å². The second-order valence-corrected chi connectivity index (χ2v) is 4.77. The van der Waals surface area contributed by atoms with E-state index in [1.54, 1.807) is 12.1 Å². The van der Waals surface area contributed by atoms with Crippen LogP contribution in [0.4, 0.5) is 4.39 Å². The van der Waals surface area contributed by atoms with E-state index in [1.165, 1.54) is 12.1 Å². The van der Waals surface area contributed by atoms with Gasteiger partial charge in [-0.25, -0.2) is 4.39 Å². The van der Waals surface area contributed by atoms with E-state index < -0.39 is 0 Å². The molecule has 0 aliphatic carbocycles. The summed E-state index contributed by atoms with van der Waals surface area (Å²) >= 11 is 0. The van der Waals surface area contributed by atoms with E-state index >= 15 is 0 Å². The van der Waals surface area contributed by atoms with Crippen LogP contribution >= 0.6 is 0 Å². The Hall–Kier alpha value is -0.930. The van der Waals surface area contributed by atoms with Crippen molar-refractivity contribution >= 4 is 0 Å². The average Bonchev–Trinajstić information content (AvgIpc) is 2.30. The molecule has 2 nitrogen and oxygen atoms in total. The van der Waals surface area contributed by atoms with Crippen molar-refractivity contribution in [1.82, 2.24) is 0 Å². The summed E-state index contributed by atoms with van der Waals surface area (Å²) in [5.41, 5.74) is 7.00. The van der Waals surface area contributed by atoms with E-state index in [4.69, 9.17) is 10.5 Å². The molecule has 3 heteroatoms. The van der Waals surface area contributed by atoms with Gasteiger partial charge in [-0.2, -0.15) is 0 Å². The second-order valence-electron chi connectivity index (χ2n) is 4.77. The minimum atomic E-state index is -0.235. The van der Waals surface area contributed by atoms with Gasteiger partial charge in [0.2, 0.25) is 0 Å². The molecule has 17 heavy (non-hydrogen) atoms. The molecule has 0 saturated heterocycles. The van der Waals surface area contributed by atoms with Crippen molar-refractivity contribution in [2.24, 2.45) is 11.7 Å². The first-order valence-electron chi connectivity index (χ1n) is 6.17. The molecule has 2 atom stereocenters. The van der Waals surface area contributed by atoms with Crippen molar-refractivity contribution in [2.75, 3.05) is 6.61 Å². The summed E-state index contributed by atoms with van der Waals surface area (Å²) in [7, 11) is 0. The normalized spacial score (nSPS) is 14.9. The molecule has 0 aliphatic rings. The van der Waals surface area contributed by atoms with Crippen LogP contribution in [0.15, 0.2) is 24.3 Å². The summed E-state index contributed by atoms with van der Waals surface area (Å²) < 4.78 is 18.7. The molecular formula is C14H22FNO. The maximum absolute atomic E-state index is 12.9. The highest BCUT2D eigenvalue weighted by Gasteiger charge is 2.19. The van der Waals surface area contributed by atoms with Gasteiger partial charge in [-0.05, 0) is 30.0 Å². The zero-order valence-electron chi connectivity index (χ0n) is 10.8. The van der Waals surface area contributed by atoms with Crippen LogP contribution in [0.3, 0.4) is 0 Å². The second kappa shape index (κ2) is 6.72. The highest BCUT2D eigenvalue weighted by atomic mass is 19.1. The highest BCUT2D eigenvalue weighted by molar-refractivity contribution is 5.20.